The predicted octanol–water partition coefficient (Wildman–Crippen LogP) is 0.244. The highest BCUT2D eigenvalue weighted by Gasteiger charge is 2.39. The molecule has 2 fully saturated rings. The van der Waals surface area contributed by atoms with Crippen molar-refractivity contribution in [1.82, 2.24) is 20.2 Å². The van der Waals surface area contributed by atoms with Crippen LogP contribution in [0.1, 0.15) is 63.9 Å². The number of piperazine rings is 1. The molecule has 0 radical (unpaired) electrons. The van der Waals surface area contributed by atoms with Crippen molar-refractivity contribution in [2.75, 3.05) is 26.2 Å². The summed E-state index contributed by atoms with van der Waals surface area (Å²) in [4.78, 5) is 3.43. The van der Waals surface area contributed by atoms with Gasteiger partial charge >= 0.3 is 0 Å². The molecular formula is C21H34N6+2. The van der Waals surface area contributed by atoms with E-state index in [4.69, 9.17) is 0 Å². The first-order chi connectivity index (χ1) is 13.0. The monoisotopic (exact) mass is 370 g/mol. The van der Waals surface area contributed by atoms with Crippen LogP contribution >= 0.6 is 0 Å². The van der Waals surface area contributed by atoms with Crippen LogP contribution in [0.4, 0.5) is 0 Å². The Hall–Kier alpha value is -1.79. The SMILES string of the molecule is CC(C)(C)n1nnnc1[C@@H](c1ccccc1)[NH+]1CC[NH+](C2CCCC2)CC1. The van der Waals surface area contributed by atoms with Crippen molar-refractivity contribution in [1.29, 1.82) is 0 Å². The molecule has 1 aromatic carbocycles. The number of nitrogens with zero attached hydrogens (tertiary/aromatic N) is 4. The molecule has 2 heterocycles. The summed E-state index contributed by atoms with van der Waals surface area (Å²) in [5.41, 5.74) is 1.19. The number of tetrazole rings is 1. The Morgan fingerprint density at radius 2 is 1.67 bits per heavy atom. The maximum atomic E-state index is 4.51. The van der Waals surface area contributed by atoms with E-state index in [0.29, 0.717) is 0 Å². The standard InChI is InChI=1S/C21H32N6/c1-21(2,3)27-20(22-23-24-27)19(17-9-5-4-6-10-17)26-15-13-25(14-16-26)18-11-7-8-12-18/h4-6,9-10,18-19H,7-8,11-16H2,1-3H3/p+2/t19-/m1/s1. The summed E-state index contributed by atoms with van der Waals surface area (Å²) in [6.45, 7) is 11.4. The fraction of sp³-hybridized carbons (Fsp3) is 0.667. The first-order valence-electron chi connectivity index (χ1n) is 10.6. The molecule has 1 aliphatic heterocycles. The Morgan fingerprint density at radius 1 is 1.00 bits per heavy atom. The van der Waals surface area contributed by atoms with Crippen molar-refractivity contribution in [3.8, 4) is 0 Å². The number of hydrogen-bond acceptors (Lipinski definition) is 3. The van der Waals surface area contributed by atoms with Crippen LogP contribution in [0.25, 0.3) is 0 Å². The summed E-state index contributed by atoms with van der Waals surface area (Å²) in [5, 5.41) is 12.9. The third kappa shape index (κ3) is 3.92. The smallest absolute Gasteiger partial charge is 0.214 e. The molecule has 2 N–H and O–H groups in total. The minimum atomic E-state index is -0.123. The number of aromatic nitrogens is 4. The van der Waals surface area contributed by atoms with Crippen LogP contribution in [-0.2, 0) is 5.54 Å². The highest BCUT2D eigenvalue weighted by atomic mass is 15.6. The average Bonchev–Trinajstić information content (AvgIpc) is 3.35. The highest BCUT2D eigenvalue weighted by molar-refractivity contribution is 5.22. The molecule has 6 nitrogen and oxygen atoms in total. The van der Waals surface area contributed by atoms with Crippen molar-refractivity contribution in [2.45, 2.75) is 64.1 Å². The minimum Gasteiger partial charge on any atom is -0.323 e. The number of quaternary nitrogens is 2. The van der Waals surface area contributed by atoms with Crippen molar-refractivity contribution in [3.05, 3.63) is 41.7 Å². The fourth-order valence-electron chi connectivity index (χ4n) is 4.99. The van der Waals surface area contributed by atoms with Gasteiger partial charge in [0.05, 0.1) is 11.6 Å². The Morgan fingerprint density at radius 3 is 2.30 bits per heavy atom. The van der Waals surface area contributed by atoms with Gasteiger partial charge in [0.2, 0.25) is 5.82 Å². The maximum absolute atomic E-state index is 4.51. The molecule has 0 unspecified atom stereocenters. The fourth-order valence-corrected chi connectivity index (χ4v) is 4.99. The minimum absolute atomic E-state index is 0.123. The molecule has 1 aliphatic carbocycles. The second-order valence-electron chi connectivity index (χ2n) is 9.26. The molecule has 1 atom stereocenters. The second kappa shape index (κ2) is 7.68. The lowest BCUT2D eigenvalue weighted by atomic mass is 10.0. The van der Waals surface area contributed by atoms with Crippen molar-refractivity contribution in [3.63, 3.8) is 0 Å². The third-order valence-electron chi connectivity index (χ3n) is 6.40. The molecule has 2 aliphatic rings. The lowest BCUT2D eigenvalue weighted by molar-refractivity contribution is -1.03. The molecule has 1 aromatic heterocycles. The Kier molecular flexibility index (Phi) is 5.28. The quantitative estimate of drug-likeness (QED) is 0.811. The highest BCUT2D eigenvalue weighted by Crippen LogP contribution is 2.22. The van der Waals surface area contributed by atoms with E-state index >= 15 is 0 Å². The van der Waals surface area contributed by atoms with Crippen molar-refractivity contribution >= 4 is 0 Å². The zero-order chi connectivity index (χ0) is 18.9. The van der Waals surface area contributed by atoms with E-state index in [0.717, 1.165) is 11.9 Å². The van der Waals surface area contributed by atoms with Gasteiger partial charge in [0.25, 0.3) is 0 Å². The molecule has 27 heavy (non-hydrogen) atoms. The first-order valence-corrected chi connectivity index (χ1v) is 10.6. The van der Waals surface area contributed by atoms with Gasteiger partial charge in [0.1, 0.15) is 26.2 Å². The maximum Gasteiger partial charge on any atom is 0.214 e. The van der Waals surface area contributed by atoms with E-state index < -0.39 is 0 Å². The van der Waals surface area contributed by atoms with Gasteiger partial charge < -0.3 is 9.80 Å². The van der Waals surface area contributed by atoms with Crippen molar-refractivity contribution in [2.24, 2.45) is 0 Å². The number of benzene rings is 1. The summed E-state index contributed by atoms with van der Waals surface area (Å²) in [5.74, 6) is 0.994. The lowest BCUT2D eigenvalue weighted by Gasteiger charge is -2.37. The van der Waals surface area contributed by atoms with Crippen LogP contribution in [-0.4, -0.2) is 52.4 Å². The van der Waals surface area contributed by atoms with Gasteiger partial charge in [0.15, 0.2) is 6.04 Å². The summed E-state index contributed by atoms with van der Waals surface area (Å²) < 4.78 is 2.02. The first kappa shape index (κ1) is 18.6. The molecule has 6 heteroatoms. The van der Waals surface area contributed by atoms with E-state index in [-0.39, 0.29) is 11.6 Å². The summed E-state index contributed by atoms with van der Waals surface area (Å²) in [6, 6.07) is 11.9. The van der Waals surface area contributed by atoms with Gasteiger partial charge in [-0.05, 0) is 56.9 Å². The normalized spacial score (nSPS) is 25.6. The Labute approximate surface area is 162 Å². The zero-order valence-electron chi connectivity index (χ0n) is 17.0. The van der Waals surface area contributed by atoms with Crippen LogP contribution in [0.3, 0.4) is 0 Å². The van der Waals surface area contributed by atoms with Gasteiger partial charge in [0, 0.05) is 5.56 Å². The number of rotatable bonds is 4. The molecule has 1 saturated heterocycles. The molecule has 0 spiro atoms. The zero-order valence-corrected chi connectivity index (χ0v) is 17.0. The van der Waals surface area contributed by atoms with E-state index in [2.05, 4.69) is 66.6 Å². The van der Waals surface area contributed by atoms with Crippen LogP contribution in [0, 0.1) is 0 Å². The Bertz CT molecular complexity index is 721. The molecule has 0 bridgehead atoms. The number of nitrogens with one attached hydrogen (secondary N) is 2. The lowest BCUT2D eigenvalue weighted by Crippen LogP contribution is -3.29. The summed E-state index contributed by atoms with van der Waals surface area (Å²) in [6.07, 6.45) is 5.71. The van der Waals surface area contributed by atoms with Gasteiger partial charge in [-0.2, -0.15) is 0 Å². The van der Waals surface area contributed by atoms with Crippen LogP contribution in [0.2, 0.25) is 0 Å². The van der Waals surface area contributed by atoms with Gasteiger partial charge in [-0.1, -0.05) is 30.3 Å². The van der Waals surface area contributed by atoms with E-state index in [1.165, 1.54) is 57.4 Å². The van der Waals surface area contributed by atoms with E-state index in [9.17, 15) is 0 Å². The molecule has 1 saturated carbocycles. The molecular weight excluding hydrogens is 336 g/mol. The van der Waals surface area contributed by atoms with Crippen LogP contribution in [0.15, 0.2) is 30.3 Å². The van der Waals surface area contributed by atoms with Crippen LogP contribution < -0.4 is 9.80 Å². The topological polar surface area (TPSA) is 52.5 Å². The van der Waals surface area contributed by atoms with Gasteiger partial charge in [-0.25, -0.2) is 4.68 Å². The molecule has 4 rings (SSSR count). The van der Waals surface area contributed by atoms with Gasteiger partial charge in [-0.3, -0.25) is 0 Å². The molecule has 146 valence electrons. The predicted molar refractivity (Wildman–Crippen MR) is 105 cm³/mol. The third-order valence-corrected chi connectivity index (χ3v) is 6.40. The summed E-state index contributed by atoms with van der Waals surface area (Å²) >= 11 is 0. The van der Waals surface area contributed by atoms with Crippen molar-refractivity contribution < 1.29 is 9.80 Å². The summed E-state index contributed by atoms with van der Waals surface area (Å²) in [7, 11) is 0. The Balaban J connectivity index is 1.60. The molecule has 2 aromatic rings. The van der Waals surface area contributed by atoms with Crippen LogP contribution in [0.5, 0.6) is 0 Å². The average molecular weight is 371 g/mol. The molecule has 0 amide bonds. The number of hydrogen-bond donors (Lipinski definition) is 2. The van der Waals surface area contributed by atoms with E-state index in [1.807, 2.05) is 9.58 Å². The largest absolute Gasteiger partial charge is 0.323 e. The second-order valence-corrected chi connectivity index (χ2v) is 9.26. The van der Waals surface area contributed by atoms with Gasteiger partial charge in [-0.15, -0.1) is 5.10 Å². The van der Waals surface area contributed by atoms with E-state index in [1.54, 1.807) is 4.90 Å².